The van der Waals surface area contributed by atoms with Gasteiger partial charge in [-0.1, -0.05) is 11.6 Å². The number of carbonyl (C=O) groups excluding carboxylic acids is 1. The van der Waals surface area contributed by atoms with Gasteiger partial charge in [-0.3, -0.25) is 19.6 Å². The number of nitro groups is 1. The topological polar surface area (TPSA) is 103 Å². The number of anilines is 1. The zero-order valence-corrected chi connectivity index (χ0v) is 13.0. The lowest BCUT2D eigenvalue weighted by molar-refractivity contribution is -0.386. The lowest BCUT2D eigenvalue weighted by atomic mass is 10.3. The standard InChI is InChI=1S/C13H14ClN5O3/c1-7-12(19(21)22)8(2)18(17-7)9(3)13(20)16-11-5-4-10(14)6-15-11/h4-6,9H,1-3H3,(H,15,16,20)/t9-/m0/s1. The van der Waals surface area contributed by atoms with Crippen LogP contribution in [0.2, 0.25) is 5.02 Å². The Morgan fingerprint density at radius 3 is 2.64 bits per heavy atom. The maximum absolute atomic E-state index is 12.2. The van der Waals surface area contributed by atoms with Gasteiger partial charge in [-0.05, 0) is 32.9 Å². The second-order valence-corrected chi connectivity index (χ2v) is 5.18. The van der Waals surface area contributed by atoms with Crippen LogP contribution in [-0.2, 0) is 4.79 Å². The summed E-state index contributed by atoms with van der Waals surface area (Å²) < 4.78 is 1.33. The summed E-state index contributed by atoms with van der Waals surface area (Å²) in [5.41, 5.74) is 0.519. The molecule has 2 aromatic heterocycles. The Kier molecular flexibility index (Phi) is 4.41. The number of nitrogens with one attached hydrogen (secondary N) is 1. The highest BCUT2D eigenvalue weighted by Crippen LogP contribution is 2.25. The minimum atomic E-state index is -0.718. The molecule has 1 N–H and O–H groups in total. The van der Waals surface area contributed by atoms with E-state index in [0.717, 1.165) is 0 Å². The zero-order chi connectivity index (χ0) is 16.4. The highest BCUT2D eigenvalue weighted by molar-refractivity contribution is 6.30. The van der Waals surface area contributed by atoms with Crippen molar-refractivity contribution >= 4 is 29.0 Å². The average Bonchev–Trinajstić information content (AvgIpc) is 2.75. The number of aromatic nitrogens is 3. The molecule has 2 rings (SSSR count). The predicted molar refractivity (Wildman–Crippen MR) is 80.9 cm³/mol. The van der Waals surface area contributed by atoms with Crippen molar-refractivity contribution < 1.29 is 9.72 Å². The first-order valence-electron chi connectivity index (χ1n) is 6.43. The van der Waals surface area contributed by atoms with Crippen molar-refractivity contribution in [2.75, 3.05) is 5.32 Å². The Labute approximate surface area is 131 Å². The second kappa shape index (κ2) is 6.10. The average molecular weight is 324 g/mol. The molecule has 0 saturated heterocycles. The first-order valence-corrected chi connectivity index (χ1v) is 6.81. The molecule has 2 heterocycles. The molecule has 0 aliphatic heterocycles. The molecule has 0 radical (unpaired) electrons. The predicted octanol–water partition coefficient (Wildman–Crippen LogP) is 2.66. The number of hydrogen-bond donors (Lipinski definition) is 1. The number of aryl methyl sites for hydroxylation is 1. The lowest BCUT2D eigenvalue weighted by Gasteiger charge is -2.13. The molecule has 1 amide bonds. The molecule has 8 nitrogen and oxygen atoms in total. The monoisotopic (exact) mass is 323 g/mol. The van der Waals surface area contributed by atoms with Crippen LogP contribution in [0, 0.1) is 24.0 Å². The lowest BCUT2D eigenvalue weighted by Crippen LogP contribution is -2.25. The van der Waals surface area contributed by atoms with Gasteiger partial charge in [-0.15, -0.1) is 0 Å². The molecule has 116 valence electrons. The Hall–Kier alpha value is -2.48. The van der Waals surface area contributed by atoms with Crippen molar-refractivity contribution in [1.82, 2.24) is 14.8 Å². The number of amides is 1. The molecule has 0 spiro atoms. The third-order valence-corrected chi connectivity index (χ3v) is 3.42. The molecule has 0 unspecified atom stereocenters. The maximum Gasteiger partial charge on any atom is 0.312 e. The summed E-state index contributed by atoms with van der Waals surface area (Å²) in [4.78, 5) is 26.7. The molecule has 22 heavy (non-hydrogen) atoms. The van der Waals surface area contributed by atoms with Crippen LogP contribution in [0.4, 0.5) is 11.5 Å². The Bertz CT molecular complexity index is 726. The van der Waals surface area contributed by atoms with Gasteiger partial charge in [0, 0.05) is 6.20 Å². The number of halogens is 1. The van der Waals surface area contributed by atoms with E-state index in [1.54, 1.807) is 26.0 Å². The number of hydrogen-bond acceptors (Lipinski definition) is 5. The van der Waals surface area contributed by atoms with Gasteiger partial charge in [-0.2, -0.15) is 5.10 Å². The van der Waals surface area contributed by atoms with Gasteiger partial charge in [0.2, 0.25) is 5.91 Å². The van der Waals surface area contributed by atoms with E-state index in [-0.39, 0.29) is 17.3 Å². The second-order valence-electron chi connectivity index (χ2n) is 4.75. The molecule has 9 heteroatoms. The first kappa shape index (κ1) is 15.9. The number of pyridine rings is 1. The minimum absolute atomic E-state index is 0.0794. The summed E-state index contributed by atoms with van der Waals surface area (Å²) in [7, 11) is 0. The van der Waals surface area contributed by atoms with E-state index in [9.17, 15) is 14.9 Å². The first-order chi connectivity index (χ1) is 10.3. The van der Waals surface area contributed by atoms with Crippen molar-refractivity contribution in [2.45, 2.75) is 26.8 Å². The Morgan fingerprint density at radius 1 is 1.45 bits per heavy atom. The molecule has 0 aromatic carbocycles. The van der Waals surface area contributed by atoms with Crippen LogP contribution in [-0.4, -0.2) is 25.6 Å². The van der Waals surface area contributed by atoms with Crippen LogP contribution in [0.25, 0.3) is 0 Å². The van der Waals surface area contributed by atoms with Crippen molar-refractivity contribution in [3.05, 3.63) is 44.9 Å². The summed E-state index contributed by atoms with van der Waals surface area (Å²) in [6.07, 6.45) is 1.41. The van der Waals surface area contributed by atoms with Crippen LogP contribution in [0.3, 0.4) is 0 Å². The van der Waals surface area contributed by atoms with E-state index in [1.807, 2.05) is 0 Å². The largest absolute Gasteiger partial charge is 0.312 e. The van der Waals surface area contributed by atoms with E-state index < -0.39 is 11.0 Å². The van der Waals surface area contributed by atoms with Crippen LogP contribution in [0.15, 0.2) is 18.3 Å². The van der Waals surface area contributed by atoms with Crippen LogP contribution < -0.4 is 5.32 Å². The maximum atomic E-state index is 12.2. The fourth-order valence-electron chi connectivity index (χ4n) is 2.09. The highest BCUT2D eigenvalue weighted by Gasteiger charge is 2.27. The number of carbonyl (C=O) groups is 1. The summed E-state index contributed by atoms with van der Waals surface area (Å²) in [6, 6.07) is 2.45. The van der Waals surface area contributed by atoms with E-state index in [4.69, 9.17) is 11.6 Å². The van der Waals surface area contributed by atoms with Gasteiger partial charge in [0.05, 0.1) is 9.95 Å². The molecule has 2 aromatic rings. The quantitative estimate of drug-likeness (QED) is 0.688. The van der Waals surface area contributed by atoms with Crippen molar-refractivity contribution in [1.29, 1.82) is 0 Å². The molecule has 0 aliphatic rings. The Morgan fingerprint density at radius 2 is 2.14 bits per heavy atom. The molecule has 0 aliphatic carbocycles. The number of rotatable bonds is 4. The molecular weight excluding hydrogens is 310 g/mol. The van der Waals surface area contributed by atoms with Crippen LogP contribution in [0.1, 0.15) is 24.4 Å². The third kappa shape index (κ3) is 3.06. The number of nitrogens with zero attached hydrogens (tertiary/aromatic N) is 4. The van der Waals surface area contributed by atoms with Gasteiger partial charge in [0.15, 0.2) is 0 Å². The summed E-state index contributed by atoms with van der Waals surface area (Å²) in [5, 5.41) is 18.2. The smallest absolute Gasteiger partial charge is 0.309 e. The zero-order valence-electron chi connectivity index (χ0n) is 12.2. The fourth-order valence-corrected chi connectivity index (χ4v) is 2.20. The van der Waals surface area contributed by atoms with E-state index in [1.165, 1.54) is 17.8 Å². The van der Waals surface area contributed by atoms with Crippen molar-refractivity contribution in [3.63, 3.8) is 0 Å². The van der Waals surface area contributed by atoms with E-state index in [2.05, 4.69) is 15.4 Å². The molecule has 0 saturated carbocycles. The molecule has 1 atom stereocenters. The fraction of sp³-hybridized carbons (Fsp3) is 0.308. The highest BCUT2D eigenvalue weighted by atomic mass is 35.5. The van der Waals surface area contributed by atoms with Crippen LogP contribution >= 0.6 is 11.6 Å². The summed E-state index contributed by atoms with van der Waals surface area (Å²) >= 11 is 5.72. The van der Waals surface area contributed by atoms with Gasteiger partial charge >= 0.3 is 5.69 Å². The summed E-state index contributed by atoms with van der Waals surface area (Å²) in [5.74, 6) is -0.0346. The van der Waals surface area contributed by atoms with Crippen LogP contribution in [0.5, 0.6) is 0 Å². The molecule has 0 fully saturated rings. The molecular formula is C13H14ClN5O3. The van der Waals surface area contributed by atoms with Crippen molar-refractivity contribution in [2.24, 2.45) is 0 Å². The minimum Gasteiger partial charge on any atom is -0.309 e. The SMILES string of the molecule is Cc1nn([C@@H](C)C(=O)Nc2ccc(Cl)cn2)c(C)c1[N+](=O)[O-]. The van der Waals surface area contributed by atoms with Gasteiger partial charge in [-0.25, -0.2) is 4.98 Å². The van der Waals surface area contributed by atoms with Gasteiger partial charge in [0.25, 0.3) is 0 Å². The van der Waals surface area contributed by atoms with Crippen molar-refractivity contribution in [3.8, 4) is 0 Å². The summed E-state index contributed by atoms with van der Waals surface area (Å²) in [6.45, 7) is 4.70. The molecule has 0 bridgehead atoms. The normalized spacial score (nSPS) is 12.0. The van der Waals surface area contributed by atoms with E-state index >= 15 is 0 Å². The Balaban J connectivity index is 2.22. The van der Waals surface area contributed by atoms with Gasteiger partial charge in [0.1, 0.15) is 23.2 Å². The van der Waals surface area contributed by atoms with E-state index in [0.29, 0.717) is 16.5 Å². The third-order valence-electron chi connectivity index (χ3n) is 3.19. The van der Waals surface area contributed by atoms with Gasteiger partial charge < -0.3 is 5.32 Å².